The van der Waals surface area contributed by atoms with E-state index in [2.05, 4.69) is 6.07 Å². The monoisotopic (exact) mass is 265 g/mol. The number of amides is 1. The van der Waals surface area contributed by atoms with Gasteiger partial charge in [-0.3, -0.25) is 0 Å². The van der Waals surface area contributed by atoms with Crippen molar-refractivity contribution in [1.82, 2.24) is 4.90 Å². The smallest absolute Gasteiger partial charge is 0.410 e. The molecule has 2 rings (SSSR count). The van der Waals surface area contributed by atoms with Crippen LogP contribution in [0.1, 0.15) is 40.0 Å². The van der Waals surface area contributed by atoms with Gasteiger partial charge in [0.05, 0.1) is 12.5 Å². The van der Waals surface area contributed by atoms with Crippen LogP contribution in [0.15, 0.2) is 0 Å². The third-order valence-corrected chi connectivity index (χ3v) is 4.00. The first-order chi connectivity index (χ1) is 8.72. The van der Waals surface area contributed by atoms with E-state index in [1.807, 2.05) is 20.8 Å². The first-order valence-corrected chi connectivity index (χ1v) is 6.86. The van der Waals surface area contributed by atoms with Crippen molar-refractivity contribution < 1.29 is 9.53 Å². The van der Waals surface area contributed by atoms with Crippen LogP contribution in [0.5, 0.6) is 0 Å². The molecule has 2 atom stereocenters. The molecule has 0 aromatic rings. The summed E-state index contributed by atoms with van der Waals surface area (Å²) >= 11 is 0. The minimum atomic E-state index is -0.451. The largest absolute Gasteiger partial charge is 0.444 e. The van der Waals surface area contributed by atoms with Gasteiger partial charge in [-0.2, -0.15) is 5.26 Å². The molecule has 0 aromatic carbocycles. The zero-order valence-corrected chi connectivity index (χ0v) is 12.0. The summed E-state index contributed by atoms with van der Waals surface area (Å²) in [6.45, 7) is 7.05. The third-order valence-electron chi connectivity index (χ3n) is 4.00. The second-order valence-electron chi connectivity index (χ2n) is 7.01. The zero-order valence-electron chi connectivity index (χ0n) is 12.0. The van der Waals surface area contributed by atoms with Crippen molar-refractivity contribution in [2.24, 2.45) is 17.6 Å². The van der Waals surface area contributed by atoms with Crippen molar-refractivity contribution in [3.05, 3.63) is 0 Å². The number of fused-ring (bicyclic) bond motifs is 1. The predicted octanol–water partition coefficient (Wildman–Crippen LogP) is 1.87. The van der Waals surface area contributed by atoms with Crippen LogP contribution < -0.4 is 5.73 Å². The van der Waals surface area contributed by atoms with Gasteiger partial charge >= 0.3 is 6.09 Å². The quantitative estimate of drug-likeness (QED) is 0.785. The first-order valence-electron chi connectivity index (χ1n) is 6.86. The summed E-state index contributed by atoms with van der Waals surface area (Å²) in [7, 11) is 0. The van der Waals surface area contributed by atoms with Crippen LogP contribution in [-0.4, -0.2) is 35.2 Å². The van der Waals surface area contributed by atoms with E-state index in [0.29, 0.717) is 31.3 Å². The number of carbonyl (C=O) groups is 1. The second kappa shape index (κ2) is 4.68. The van der Waals surface area contributed by atoms with Crippen molar-refractivity contribution in [3.8, 4) is 6.07 Å². The Bertz CT molecular complexity index is 394. The Balaban J connectivity index is 1.91. The molecule has 19 heavy (non-hydrogen) atoms. The fourth-order valence-corrected chi connectivity index (χ4v) is 3.31. The van der Waals surface area contributed by atoms with Crippen molar-refractivity contribution in [2.75, 3.05) is 13.1 Å². The van der Waals surface area contributed by atoms with E-state index in [-0.39, 0.29) is 11.6 Å². The fraction of sp³-hybridized carbons (Fsp3) is 0.857. The molecule has 106 valence electrons. The number of nitrogens with two attached hydrogens (primary N) is 1. The average Bonchev–Trinajstić information content (AvgIpc) is 2.69. The molecule has 1 saturated heterocycles. The molecule has 1 heterocycles. The van der Waals surface area contributed by atoms with Gasteiger partial charge in [0.2, 0.25) is 0 Å². The number of nitrogens with zero attached hydrogens (tertiary/aromatic N) is 2. The van der Waals surface area contributed by atoms with Crippen LogP contribution in [0.4, 0.5) is 4.79 Å². The highest BCUT2D eigenvalue weighted by Gasteiger charge is 2.48. The Morgan fingerprint density at radius 2 is 1.95 bits per heavy atom. The first kappa shape index (κ1) is 14.1. The second-order valence-corrected chi connectivity index (χ2v) is 7.01. The van der Waals surface area contributed by atoms with E-state index in [9.17, 15) is 4.79 Å². The lowest BCUT2D eigenvalue weighted by Gasteiger charge is -2.27. The number of carbonyl (C=O) groups excluding carboxylic acids is 1. The topological polar surface area (TPSA) is 79.3 Å². The van der Waals surface area contributed by atoms with E-state index in [0.717, 1.165) is 12.8 Å². The standard InChI is InChI=1S/C14H23N3O2/c1-13(2,3)19-12(18)17-8-10-6-14(16,4-5-15)7-11(10)9-17/h10-11H,4,6-9,16H2,1-3H3. The molecule has 5 nitrogen and oxygen atoms in total. The van der Waals surface area contributed by atoms with E-state index < -0.39 is 5.60 Å². The van der Waals surface area contributed by atoms with Gasteiger partial charge in [0.1, 0.15) is 5.60 Å². The van der Waals surface area contributed by atoms with Gasteiger partial charge in [0, 0.05) is 18.6 Å². The molecule has 1 aliphatic carbocycles. The molecule has 2 aliphatic rings. The van der Waals surface area contributed by atoms with Gasteiger partial charge in [-0.1, -0.05) is 0 Å². The summed E-state index contributed by atoms with van der Waals surface area (Å²) < 4.78 is 5.39. The number of likely N-dealkylation sites (tertiary alicyclic amines) is 1. The van der Waals surface area contributed by atoms with Crippen LogP contribution >= 0.6 is 0 Å². The molecular formula is C14H23N3O2. The normalized spacial score (nSPS) is 33.9. The van der Waals surface area contributed by atoms with Crippen LogP contribution in [0.25, 0.3) is 0 Å². The maximum absolute atomic E-state index is 12.0. The molecule has 2 N–H and O–H groups in total. The lowest BCUT2D eigenvalue weighted by molar-refractivity contribution is 0.0276. The molecule has 5 heteroatoms. The van der Waals surface area contributed by atoms with E-state index in [4.69, 9.17) is 15.7 Å². The van der Waals surface area contributed by atoms with Gasteiger partial charge < -0.3 is 15.4 Å². The van der Waals surface area contributed by atoms with Crippen LogP contribution in [0.2, 0.25) is 0 Å². The molecule has 0 aromatic heterocycles. The molecule has 2 unspecified atom stereocenters. The molecule has 0 bridgehead atoms. The Morgan fingerprint density at radius 1 is 1.42 bits per heavy atom. The molecule has 0 radical (unpaired) electrons. The number of hydrogen-bond donors (Lipinski definition) is 1. The van der Waals surface area contributed by atoms with Crippen molar-refractivity contribution in [3.63, 3.8) is 0 Å². The molecule has 1 amide bonds. The highest BCUT2D eigenvalue weighted by molar-refractivity contribution is 5.68. The fourth-order valence-electron chi connectivity index (χ4n) is 3.31. The van der Waals surface area contributed by atoms with Gasteiger partial charge in [0.25, 0.3) is 0 Å². The Kier molecular flexibility index (Phi) is 3.48. The molecule has 1 saturated carbocycles. The van der Waals surface area contributed by atoms with Crippen molar-refractivity contribution >= 4 is 6.09 Å². The molecule has 0 spiro atoms. The Hall–Kier alpha value is -1.28. The van der Waals surface area contributed by atoms with Crippen LogP contribution in [0.3, 0.4) is 0 Å². The van der Waals surface area contributed by atoms with Crippen LogP contribution in [-0.2, 0) is 4.74 Å². The van der Waals surface area contributed by atoms with Gasteiger partial charge in [-0.25, -0.2) is 4.79 Å². The Morgan fingerprint density at radius 3 is 2.37 bits per heavy atom. The maximum atomic E-state index is 12.0. The number of rotatable bonds is 1. The lowest BCUT2D eigenvalue weighted by Crippen LogP contribution is -2.40. The molecule has 2 fully saturated rings. The lowest BCUT2D eigenvalue weighted by atomic mass is 9.93. The number of nitriles is 1. The molecular weight excluding hydrogens is 242 g/mol. The highest BCUT2D eigenvalue weighted by Crippen LogP contribution is 2.44. The summed E-state index contributed by atoms with van der Waals surface area (Å²) in [5.41, 5.74) is 5.43. The van der Waals surface area contributed by atoms with E-state index in [1.54, 1.807) is 4.90 Å². The summed E-state index contributed by atoms with van der Waals surface area (Å²) in [4.78, 5) is 13.8. The third kappa shape index (κ3) is 3.19. The number of hydrogen-bond acceptors (Lipinski definition) is 4. The van der Waals surface area contributed by atoms with Crippen molar-refractivity contribution in [1.29, 1.82) is 5.26 Å². The van der Waals surface area contributed by atoms with Gasteiger partial charge in [-0.15, -0.1) is 0 Å². The Labute approximate surface area is 114 Å². The van der Waals surface area contributed by atoms with Crippen LogP contribution in [0, 0.1) is 23.2 Å². The molecule has 1 aliphatic heterocycles. The minimum absolute atomic E-state index is 0.232. The minimum Gasteiger partial charge on any atom is -0.444 e. The maximum Gasteiger partial charge on any atom is 0.410 e. The van der Waals surface area contributed by atoms with Gasteiger partial charge in [0.15, 0.2) is 0 Å². The predicted molar refractivity (Wildman–Crippen MR) is 71.2 cm³/mol. The van der Waals surface area contributed by atoms with E-state index in [1.165, 1.54) is 0 Å². The summed E-state index contributed by atoms with van der Waals surface area (Å²) in [6.07, 6.45) is 1.85. The van der Waals surface area contributed by atoms with Gasteiger partial charge in [-0.05, 0) is 45.4 Å². The summed E-state index contributed by atoms with van der Waals surface area (Å²) in [5.74, 6) is 0.844. The average molecular weight is 265 g/mol. The highest BCUT2D eigenvalue weighted by atomic mass is 16.6. The van der Waals surface area contributed by atoms with Crippen molar-refractivity contribution in [2.45, 2.75) is 51.2 Å². The number of ether oxygens (including phenoxy) is 1. The SMILES string of the molecule is CC(C)(C)OC(=O)N1CC2CC(N)(CC#N)CC2C1. The summed E-state index contributed by atoms with van der Waals surface area (Å²) in [5, 5.41) is 8.81. The zero-order chi connectivity index (χ0) is 14.3. The van der Waals surface area contributed by atoms with E-state index >= 15 is 0 Å². The summed E-state index contributed by atoms with van der Waals surface area (Å²) in [6, 6.07) is 2.17.